The van der Waals surface area contributed by atoms with Crippen LogP contribution in [-0.4, -0.2) is 23.9 Å². The van der Waals surface area contributed by atoms with Gasteiger partial charge in [-0.2, -0.15) is 0 Å². The zero-order valence-corrected chi connectivity index (χ0v) is 12.2. The van der Waals surface area contributed by atoms with Gasteiger partial charge in [-0.1, -0.05) is 32.0 Å². The first-order valence-corrected chi connectivity index (χ1v) is 7.17. The van der Waals surface area contributed by atoms with Crippen LogP contribution in [0.1, 0.15) is 44.7 Å². The smallest absolute Gasteiger partial charge is 0.222 e. The zero-order valence-electron chi connectivity index (χ0n) is 12.2. The molecule has 4 heteroatoms. The van der Waals surface area contributed by atoms with E-state index >= 15 is 0 Å². The van der Waals surface area contributed by atoms with Crippen LogP contribution < -0.4 is 5.73 Å². The number of halogens is 1. The van der Waals surface area contributed by atoms with E-state index in [2.05, 4.69) is 13.8 Å². The Labute approximate surface area is 120 Å². The van der Waals surface area contributed by atoms with Gasteiger partial charge in [0, 0.05) is 25.1 Å². The van der Waals surface area contributed by atoms with Crippen LogP contribution in [0.25, 0.3) is 0 Å². The van der Waals surface area contributed by atoms with E-state index in [1.54, 1.807) is 23.1 Å². The lowest BCUT2D eigenvalue weighted by molar-refractivity contribution is -0.131. The van der Waals surface area contributed by atoms with Crippen molar-refractivity contribution in [1.29, 1.82) is 0 Å². The molecule has 1 aliphatic heterocycles. The number of carbonyl (C=O) groups is 1. The number of hydrogen-bond acceptors (Lipinski definition) is 2. The zero-order chi connectivity index (χ0) is 14.8. The number of amides is 1. The van der Waals surface area contributed by atoms with E-state index in [4.69, 9.17) is 5.73 Å². The van der Waals surface area contributed by atoms with Crippen LogP contribution in [0.3, 0.4) is 0 Å². The number of nitrogens with two attached hydrogens (primary N) is 1. The summed E-state index contributed by atoms with van der Waals surface area (Å²) >= 11 is 0. The Bertz CT molecular complexity index is 487. The lowest BCUT2D eigenvalue weighted by Crippen LogP contribution is -2.37. The fourth-order valence-corrected chi connectivity index (χ4v) is 2.60. The highest BCUT2D eigenvalue weighted by molar-refractivity contribution is 5.76. The average Bonchev–Trinajstić information content (AvgIpc) is 2.52. The summed E-state index contributed by atoms with van der Waals surface area (Å²) in [5.74, 6) is -0.176. The van der Waals surface area contributed by atoms with E-state index in [0.29, 0.717) is 25.1 Å². The van der Waals surface area contributed by atoms with Gasteiger partial charge in [0.2, 0.25) is 5.91 Å². The molecule has 0 saturated carbocycles. The van der Waals surface area contributed by atoms with E-state index in [1.807, 2.05) is 0 Å². The molecular weight excluding hydrogens is 255 g/mol. The molecule has 0 bridgehead atoms. The third-order valence-electron chi connectivity index (χ3n) is 4.15. The van der Waals surface area contributed by atoms with Gasteiger partial charge in [0.05, 0.1) is 6.04 Å². The molecule has 1 heterocycles. The first kappa shape index (κ1) is 15.0. The van der Waals surface area contributed by atoms with Gasteiger partial charge < -0.3 is 10.6 Å². The summed E-state index contributed by atoms with van der Waals surface area (Å²) in [4.78, 5) is 13.9. The molecular formula is C16H23FN2O. The van der Waals surface area contributed by atoms with Crippen molar-refractivity contribution in [3.05, 3.63) is 35.6 Å². The molecule has 1 saturated heterocycles. The minimum atomic E-state index is -0.471. The van der Waals surface area contributed by atoms with Crippen molar-refractivity contribution in [2.24, 2.45) is 11.1 Å². The Morgan fingerprint density at radius 2 is 2.05 bits per heavy atom. The number of rotatable bonds is 3. The van der Waals surface area contributed by atoms with Crippen LogP contribution in [0.4, 0.5) is 4.39 Å². The van der Waals surface area contributed by atoms with Crippen molar-refractivity contribution in [3.63, 3.8) is 0 Å². The van der Waals surface area contributed by atoms with Gasteiger partial charge in [-0.15, -0.1) is 0 Å². The minimum absolute atomic E-state index is 0.127. The van der Waals surface area contributed by atoms with Crippen molar-refractivity contribution in [3.8, 4) is 0 Å². The second kappa shape index (κ2) is 5.92. The quantitative estimate of drug-likeness (QED) is 0.924. The monoisotopic (exact) mass is 278 g/mol. The molecule has 0 aliphatic carbocycles. The third-order valence-corrected chi connectivity index (χ3v) is 4.15. The Hall–Kier alpha value is -1.42. The normalized spacial score (nSPS) is 20.6. The van der Waals surface area contributed by atoms with Crippen molar-refractivity contribution >= 4 is 5.91 Å². The maximum Gasteiger partial charge on any atom is 0.222 e. The molecule has 1 fully saturated rings. The van der Waals surface area contributed by atoms with Crippen LogP contribution in [0, 0.1) is 11.2 Å². The van der Waals surface area contributed by atoms with Crippen molar-refractivity contribution in [2.45, 2.75) is 39.2 Å². The molecule has 20 heavy (non-hydrogen) atoms. The summed E-state index contributed by atoms with van der Waals surface area (Å²) < 4.78 is 13.7. The first-order valence-electron chi connectivity index (χ1n) is 7.17. The molecule has 0 aromatic heterocycles. The highest BCUT2D eigenvalue weighted by Crippen LogP contribution is 2.30. The van der Waals surface area contributed by atoms with Crippen LogP contribution in [0.2, 0.25) is 0 Å². The Morgan fingerprint density at radius 1 is 1.35 bits per heavy atom. The predicted octanol–water partition coefficient (Wildman–Crippen LogP) is 2.86. The fourth-order valence-electron chi connectivity index (χ4n) is 2.60. The Kier molecular flexibility index (Phi) is 4.43. The molecule has 3 nitrogen and oxygen atoms in total. The molecule has 1 aromatic carbocycles. The summed E-state index contributed by atoms with van der Waals surface area (Å²) in [5, 5.41) is 0. The molecule has 1 aromatic rings. The van der Waals surface area contributed by atoms with Crippen LogP contribution in [-0.2, 0) is 4.79 Å². The summed E-state index contributed by atoms with van der Waals surface area (Å²) in [5.41, 5.74) is 6.74. The van der Waals surface area contributed by atoms with Crippen molar-refractivity contribution in [2.75, 3.05) is 13.1 Å². The molecule has 110 valence electrons. The third kappa shape index (κ3) is 3.57. The van der Waals surface area contributed by atoms with Gasteiger partial charge in [-0.3, -0.25) is 4.79 Å². The maximum absolute atomic E-state index is 13.7. The Morgan fingerprint density at radius 3 is 2.75 bits per heavy atom. The first-order chi connectivity index (χ1) is 9.39. The highest BCUT2D eigenvalue weighted by atomic mass is 19.1. The number of nitrogens with zero attached hydrogens (tertiary/aromatic N) is 1. The Balaban J connectivity index is 2.05. The number of benzene rings is 1. The van der Waals surface area contributed by atoms with E-state index in [-0.39, 0.29) is 17.1 Å². The van der Waals surface area contributed by atoms with E-state index in [9.17, 15) is 9.18 Å². The van der Waals surface area contributed by atoms with E-state index in [0.717, 1.165) is 12.8 Å². The second-order valence-corrected chi connectivity index (χ2v) is 6.38. The van der Waals surface area contributed by atoms with Gasteiger partial charge in [0.15, 0.2) is 0 Å². The standard InChI is InChI=1S/C16H23FN2O/c1-16(2)8-7-15(20)19(10-9-16)11-14(18)12-5-3-4-6-13(12)17/h3-6,14H,7-11,18H2,1-2H3. The van der Waals surface area contributed by atoms with Gasteiger partial charge in [-0.25, -0.2) is 4.39 Å². The molecule has 1 amide bonds. The number of carbonyl (C=O) groups excluding carboxylic acids is 1. The molecule has 0 spiro atoms. The molecule has 1 unspecified atom stereocenters. The average molecular weight is 278 g/mol. The maximum atomic E-state index is 13.7. The molecule has 1 aliphatic rings. The minimum Gasteiger partial charge on any atom is -0.341 e. The summed E-state index contributed by atoms with van der Waals surface area (Å²) in [7, 11) is 0. The molecule has 2 N–H and O–H groups in total. The summed E-state index contributed by atoms with van der Waals surface area (Å²) in [6, 6.07) is 6.03. The SMILES string of the molecule is CC1(C)CCC(=O)N(CC(N)c2ccccc2F)CC1. The highest BCUT2D eigenvalue weighted by Gasteiger charge is 2.28. The lowest BCUT2D eigenvalue weighted by atomic mass is 9.85. The largest absolute Gasteiger partial charge is 0.341 e. The van der Waals surface area contributed by atoms with Crippen LogP contribution in [0.5, 0.6) is 0 Å². The summed E-state index contributed by atoms with van der Waals surface area (Å²) in [6.07, 6.45) is 2.41. The van der Waals surface area contributed by atoms with Crippen LogP contribution in [0.15, 0.2) is 24.3 Å². The van der Waals surface area contributed by atoms with Crippen molar-refractivity contribution < 1.29 is 9.18 Å². The lowest BCUT2D eigenvalue weighted by Gasteiger charge is -2.26. The van der Waals surface area contributed by atoms with Gasteiger partial charge in [0.1, 0.15) is 5.82 Å². The predicted molar refractivity (Wildman–Crippen MR) is 77.5 cm³/mol. The van der Waals surface area contributed by atoms with E-state index in [1.165, 1.54) is 6.07 Å². The second-order valence-electron chi connectivity index (χ2n) is 6.38. The van der Waals surface area contributed by atoms with Crippen LogP contribution >= 0.6 is 0 Å². The summed E-state index contributed by atoms with van der Waals surface area (Å²) in [6.45, 7) is 5.45. The van der Waals surface area contributed by atoms with Crippen molar-refractivity contribution in [1.82, 2.24) is 4.90 Å². The fraction of sp³-hybridized carbons (Fsp3) is 0.562. The topological polar surface area (TPSA) is 46.3 Å². The van der Waals surface area contributed by atoms with Gasteiger partial charge in [-0.05, 0) is 24.3 Å². The molecule has 2 rings (SSSR count). The molecule has 1 atom stereocenters. The number of hydrogen-bond donors (Lipinski definition) is 1. The molecule has 0 radical (unpaired) electrons. The number of likely N-dealkylation sites (tertiary alicyclic amines) is 1. The van der Waals surface area contributed by atoms with Gasteiger partial charge in [0.25, 0.3) is 0 Å². The van der Waals surface area contributed by atoms with Gasteiger partial charge >= 0.3 is 0 Å². The van der Waals surface area contributed by atoms with E-state index < -0.39 is 6.04 Å².